The summed E-state index contributed by atoms with van der Waals surface area (Å²) in [6.07, 6.45) is 3.91. The lowest BCUT2D eigenvalue weighted by atomic mass is 10.1. The minimum Gasteiger partial charge on any atom is -0.324 e. The first kappa shape index (κ1) is 14.8. The minimum atomic E-state index is -0.177. The largest absolute Gasteiger partial charge is 0.324 e. The van der Waals surface area contributed by atoms with Gasteiger partial charge in [0, 0.05) is 34.9 Å². The number of hydrogen-bond acceptors (Lipinski definition) is 4. The van der Waals surface area contributed by atoms with Gasteiger partial charge in [-0.3, -0.25) is 4.79 Å². The Kier molecular flexibility index (Phi) is 3.80. The fourth-order valence-corrected chi connectivity index (χ4v) is 2.51. The van der Waals surface area contributed by atoms with E-state index in [1.807, 2.05) is 59.4 Å². The maximum absolute atomic E-state index is 12.4. The zero-order valence-corrected chi connectivity index (χ0v) is 13.1. The third-order valence-electron chi connectivity index (χ3n) is 3.76. The van der Waals surface area contributed by atoms with Crippen LogP contribution in [-0.2, 0) is 0 Å². The van der Waals surface area contributed by atoms with Crippen LogP contribution in [0.4, 0.5) is 5.69 Å². The second-order valence-electron chi connectivity index (χ2n) is 5.41. The molecule has 7 heteroatoms. The summed E-state index contributed by atoms with van der Waals surface area (Å²) in [5.41, 5.74) is 3.03. The number of nitrogens with zero attached hydrogens (tertiary/aromatic N) is 4. The molecule has 0 unspecified atom stereocenters. The van der Waals surface area contributed by atoms with E-state index in [2.05, 4.69) is 25.9 Å². The number of nitrogens with one attached hydrogen (secondary N) is 2. The van der Waals surface area contributed by atoms with Gasteiger partial charge in [0.15, 0.2) is 0 Å². The smallest absolute Gasteiger partial charge is 0.255 e. The summed E-state index contributed by atoms with van der Waals surface area (Å²) in [6.45, 7) is 0. The molecule has 2 heterocycles. The monoisotopic (exact) mass is 330 g/mol. The predicted molar refractivity (Wildman–Crippen MR) is 93.3 cm³/mol. The van der Waals surface area contributed by atoms with Crippen LogP contribution in [0.2, 0.25) is 0 Å². The molecule has 4 aromatic rings. The van der Waals surface area contributed by atoms with Gasteiger partial charge in [0.25, 0.3) is 5.91 Å². The molecule has 0 saturated heterocycles. The van der Waals surface area contributed by atoms with E-state index in [0.717, 1.165) is 11.3 Å². The van der Waals surface area contributed by atoms with Crippen molar-refractivity contribution in [2.45, 2.75) is 0 Å². The van der Waals surface area contributed by atoms with E-state index in [4.69, 9.17) is 0 Å². The van der Waals surface area contributed by atoms with Crippen LogP contribution in [0.1, 0.15) is 10.4 Å². The van der Waals surface area contributed by atoms with E-state index < -0.39 is 0 Å². The summed E-state index contributed by atoms with van der Waals surface area (Å²) >= 11 is 0. The second kappa shape index (κ2) is 6.40. The molecule has 7 nitrogen and oxygen atoms in total. The number of hydrogen-bond donors (Lipinski definition) is 2. The van der Waals surface area contributed by atoms with Crippen molar-refractivity contribution in [3.63, 3.8) is 0 Å². The Balaban J connectivity index is 1.51. The number of H-pyrrole nitrogens is 1. The van der Waals surface area contributed by atoms with Crippen LogP contribution in [-0.4, -0.2) is 31.1 Å². The Bertz CT molecular complexity index is 975. The lowest BCUT2D eigenvalue weighted by molar-refractivity contribution is 0.102. The topological polar surface area (TPSA) is 88.5 Å². The van der Waals surface area contributed by atoms with E-state index in [1.54, 1.807) is 18.2 Å². The van der Waals surface area contributed by atoms with Gasteiger partial charge in [-0.2, -0.15) is 5.21 Å². The van der Waals surface area contributed by atoms with Crippen molar-refractivity contribution in [2.24, 2.45) is 0 Å². The SMILES string of the molecule is O=C(Nc1cccc(-c2nn[nH]n2)c1)c1ccc(-n2cccc2)cc1. The fourth-order valence-electron chi connectivity index (χ4n) is 2.51. The predicted octanol–water partition coefficient (Wildman–Crippen LogP) is 2.91. The van der Waals surface area contributed by atoms with Crippen molar-refractivity contribution in [1.82, 2.24) is 25.2 Å². The average Bonchev–Trinajstić information content (AvgIpc) is 3.36. The summed E-state index contributed by atoms with van der Waals surface area (Å²) in [5.74, 6) is 0.302. The van der Waals surface area contributed by atoms with Crippen LogP contribution in [0.3, 0.4) is 0 Å². The van der Waals surface area contributed by atoms with Crippen LogP contribution in [0.15, 0.2) is 73.1 Å². The highest BCUT2D eigenvalue weighted by atomic mass is 16.1. The number of tetrazole rings is 1. The Morgan fingerprint density at radius 2 is 1.80 bits per heavy atom. The molecule has 0 radical (unpaired) electrons. The molecule has 0 spiro atoms. The normalized spacial score (nSPS) is 10.6. The summed E-state index contributed by atoms with van der Waals surface area (Å²) < 4.78 is 1.98. The molecule has 2 aromatic carbocycles. The Hall–Kier alpha value is -3.74. The maximum Gasteiger partial charge on any atom is 0.255 e. The first-order chi connectivity index (χ1) is 12.3. The zero-order valence-electron chi connectivity index (χ0n) is 13.1. The van der Waals surface area contributed by atoms with Crippen LogP contribution in [0.5, 0.6) is 0 Å². The van der Waals surface area contributed by atoms with Crippen molar-refractivity contribution < 1.29 is 4.79 Å². The van der Waals surface area contributed by atoms with Gasteiger partial charge < -0.3 is 9.88 Å². The third kappa shape index (κ3) is 3.16. The maximum atomic E-state index is 12.4. The standard InChI is InChI=1S/C18H14N6O/c25-18(13-6-8-16(9-7-13)24-10-1-2-11-24)19-15-5-3-4-14(12-15)17-20-22-23-21-17/h1-12H,(H,19,25)(H,20,21,22,23). The molecule has 0 saturated carbocycles. The fraction of sp³-hybridized carbons (Fsp3) is 0. The van der Waals surface area contributed by atoms with Crippen molar-refractivity contribution in [3.05, 3.63) is 78.6 Å². The Morgan fingerprint density at radius 3 is 2.52 bits per heavy atom. The van der Waals surface area contributed by atoms with Gasteiger partial charge in [-0.15, -0.1) is 10.2 Å². The minimum absolute atomic E-state index is 0.177. The molecule has 0 aliphatic rings. The molecule has 2 N–H and O–H groups in total. The first-order valence-corrected chi connectivity index (χ1v) is 7.68. The first-order valence-electron chi connectivity index (χ1n) is 7.68. The number of anilines is 1. The van der Waals surface area contributed by atoms with Gasteiger partial charge >= 0.3 is 0 Å². The lowest BCUT2D eigenvalue weighted by Crippen LogP contribution is -2.11. The average molecular weight is 330 g/mol. The van der Waals surface area contributed by atoms with Gasteiger partial charge in [0.1, 0.15) is 0 Å². The van der Waals surface area contributed by atoms with E-state index in [9.17, 15) is 4.79 Å². The van der Waals surface area contributed by atoms with E-state index >= 15 is 0 Å². The molecular formula is C18H14N6O. The highest BCUT2D eigenvalue weighted by Gasteiger charge is 2.08. The molecule has 0 aliphatic heterocycles. The van der Waals surface area contributed by atoms with Crippen molar-refractivity contribution in [3.8, 4) is 17.1 Å². The molecule has 1 amide bonds. The molecule has 4 rings (SSSR count). The van der Waals surface area contributed by atoms with E-state index in [1.165, 1.54) is 0 Å². The molecule has 0 fully saturated rings. The van der Waals surface area contributed by atoms with Crippen LogP contribution in [0.25, 0.3) is 17.1 Å². The Morgan fingerprint density at radius 1 is 1.00 bits per heavy atom. The van der Waals surface area contributed by atoms with Gasteiger partial charge in [-0.25, -0.2) is 0 Å². The lowest BCUT2D eigenvalue weighted by Gasteiger charge is -2.08. The Labute approximate surface area is 143 Å². The quantitative estimate of drug-likeness (QED) is 0.602. The zero-order chi connectivity index (χ0) is 17.1. The molecule has 0 atom stereocenters. The van der Waals surface area contributed by atoms with Crippen LogP contribution in [0, 0.1) is 0 Å². The van der Waals surface area contributed by atoms with Crippen molar-refractivity contribution in [1.29, 1.82) is 0 Å². The van der Waals surface area contributed by atoms with Gasteiger partial charge in [-0.05, 0) is 53.7 Å². The van der Waals surface area contributed by atoms with E-state index in [-0.39, 0.29) is 5.91 Å². The van der Waals surface area contributed by atoms with Gasteiger partial charge in [0.2, 0.25) is 5.82 Å². The number of benzene rings is 2. The molecule has 25 heavy (non-hydrogen) atoms. The van der Waals surface area contributed by atoms with E-state index in [0.29, 0.717) is 17.1 Å². The van der Waals surface area contributed by atoms with Crippen molar-refractivity contribution >= 4 is 11.6 Å². The summed E-state index contributed by atoms with van der Waals surface area (Å²) in [6, 6.07) is 18.6. The molecule has 2 aromatic heterocycles. The number of aromatic amines is 1. The summed E-state index contributed by atoms with van der Waals surface area (Å²) in [5, 5.41) is 16.7. The summed E-state index contributed by atoms with van der Waals surface area (Å²) in [4.78, 5) is 12.4. The number of carbonyl (C=O) groups excluding carboxylic acids is 1. The highest BCUT2D eigenvalue weighted by molar-refractivity contribution is 6.04. The number of amides is 1. The van der Waals surface area contributed by atoms with Crippen LogP contribution >= 0.6 is 0 Å². The van der Waals surface area contributed by atoms with Gasteiger partial charge in [-0.1, -0.05) is 12.1 Å². The number of aromatic nitrogens is 5. The summed E-state index contributed by atoms with van der Waals surface area (Å²) in [7, 11) is 0. The number of rotatable bonds is 4. The molecule has 122 valence electrons. The van der Waals surface area contributed by atoms with Crippen LogP contribution < -0.4 is 5.32 Å². The number of carbonyl (C=O) groups is 1. The molecular weight excluding hydrogens is 316 g/mol. The van der Waals surface area contributed by atoms with Crippen molar-refractivity contribution in [2.75, 3.05) is 5.32 Å². The second-order valence-corrected chi connectivity index (χ2v) is 5.41. The molecule has 0 bridgehead atoms. The molecule has 0 aliphatic carbocycles. The van der Waals surface area contributed by atoms with Gasteiger partial charge in [0.05, 0.1) is 0 Å². The third-order valence-corrected chi connectivity index (χ3v) is 3.76. The highest BCUT2D eigenvalue weighted by Crippen LogP contribution is 2.19.